The molecule has 0 saturated heterocycles. The van der Waals surface area contributed by atoms with Gasteiger partial charge in [-0.25, -0.2) is 13.5 Å². The molecular weight excluding hydrogens is 392 g/mol. The highest BCUT2D eigenvalue weighted by Gasteiger charge is 2.35. The molecule has 0 radical (unpaired) electrons. The Morgan fingerprint density at radius 3 is 2.37 bits per heavy atom. The molecule has 30 heavy (non-hydrogen) atoms. The number of anilines is 2. The highest BCUT2D eigenvalue weighted by molar-refractivity contribution is 5.83. The molecule has 0 aliphatic heterocycles. The van der Waals surface area contributed by atoms with Gasteiger partial charge in [-0.2, -0.15) is 15.1 Å². The highest BCUT2D eigenvalue weighted by Crippen LogP contribution is 2.34. The van der Waals surface area contributed by atoms with Gasteiger partial charge in [0.25, 0.3) is 5.95 Å². The molecule has 0 spiro atoms. The smallest absolute Gasteiger partial charge is 0.254 e. The van der Waals surface area contributed by atoms with Gasteiger partial charge in [-0.3, -0.25) is 4.79 Å². The van der Waals surface area contributed by atoms with Crippen molar-refractivity contribution in [2.24, 2.45) is 11.7 Å². The van der Waals surface area contributed by atoms with E-state index in [1.54, 1.807) is 10.7 Å². The number of aryl methyl sites for hydroxylation is 2. The summed E-state index contributed by atoms with van der Waals surface area (Å²) in [6, 6.07) is 2.84. The second kappa shape index (κ2) is 8.53. The topological polar surface area (TPSA) is 111 Å². The van der Waals surface area contributed by atoms with E-state index < -0.39 is 17.9 Å². The number of nitrogens with one attached hydrogen (secondary N) is 2. The summed E-state index contributed by atoms with van der Waals surface area (Å²) in [5, 5.41) is 10.7. The van der Waals surface area contributed by atoms with Crippen molar-refractivity contribution in [1.82, 2.24) is 19.7 Å². The first-order valence-electron chi connectivity index (χ1n) is 10.2. The third-order valence-corrected chi connectivity index (χ3v) is 5.26. The molecule has 0 unspecified atom stereocenters. The summed E-state index contributed by atoms with van der Waals surface area (Å²) in [5.41, 5.74) is 7.19. The minimum absolute atomic E-state index is 0.0495. The van der Waals surface area contributed by atoms with Crippen LogP contribution in [0.1, 0.15) is 50.9 Å². The van der Waals surface area contributed by atoms with E-state index >= 15 is 0 Å². The molecule has 164 valence electrons. The van der Waals surface area contributed by atoms with Crippen molar-refractivity contribution >= 4 is 17.5 Å². The van der Waals surface area contributed by atoms with Gasteiger partial charge >= 0.3 is 0 Å². The molecule has 1 fully saturated rings. The van der Waals surface area contributed by atoms with Crippen LogP contribution in [0, 0.1) is 19.8 Å². The highest BCUT2D eigenvalue weighted by atomic mass is 19.3. The Morgan fingerprint density at radius 2 is 1.83 bits per heavy atom. The predicted octanol–water partition coefficient (Wildman–Crippen LogP) is 3.19. The molecule has 1 aliphatic rings. The summed E-state index contributed by atoms with van der Waals surface area (Å²) in [4.78, 5) is 20.9. The van der Waals surface area contributed by atoms with E-state index in [0.29, 0.717) is 30.4 Å². The molecule has 8 nitrogen and oxygen atoms in total. The number of primary amides is 1. The Hall–Kier alpha value is -2.78. The Balaban J connectivity index is 1.92. The summed E-state index contributed by atoms with van der Waals surface area (Å²) >= 11 is 0. The molecule has 10 heteroatoms. The van der Waals surface area contributed by atoms with Crippen LogP contribution >= 0.6 is 0 Å². The van der Waals surface area contributed by atoms with Crippen molar-refractivity contribution in [2.45, 2.75) is 71.4 Å². The fourth-order valence-corrected chi connectivity index (χ4v) is 3.63. The van der Waals surface area contributed by atoms with Crippen LogP contribution in [0.2, 0.25) is 0 Å². The number of rotatable bonds is 7. The standard InChI is InChI=1S/C20H29F2N7O/c1-11(2)17(18(23)30)25-16-10-15(24-14-5-7-20(21,22)8-6-14)26-19(27-16)29-13(4)9-12(3)28-29/h9-11,14,17H,5-8H2,1-4H3,(H2,23,30)(H2,24,25,26,27)/t17-/m0/s1. The number of nitrogens with zero attached hydrogens (tertiary/aromatic N) is 4. The summed E-state index contributed by atoms with van der Waals surface area (Å²) in [6.45, 7) is 7.52. The van der Waals surface area contributed by atoms with Crippen LogP contribution in [0.15, 0.2) is 12.1 Å². The Morgan fingerprint density at radius 1 is 1.20 bits per heavy atom. The molecule has 1 saturated carbocycles. The lowest BCUT2D eigenvalue weighted by molar-refractivity contribution is -0.119. The normalized spacial score (nSPS) is 17.7. The van der Waals surface area contributed by atoms with Crippen LogP contribution < -0.4 is 16.4 Å². The lowest BCUT2D eigenvalue weighted by Gasteiger charge is -2.29. The maximum absolute atomic E-state index is 13.5. The van der Waals surface area contributed by atoms with Crippen molar-refractivity contribution < 1.29 is 13.6 Å². The van der Waals surface area contributed by atoms with Crippen LogP contribution in [-0.2, 0) is 4.79 Å². The van der Waals surface area contributed by atoms with E-state index in [4.69, 9.17) is 5.73 Å². The van der Waals surface area contributed by atoms with Gasteiger partial charge < -0.3 is 16.4 Å². The monoisotopic (exact) mass is 421 g/mol. The van der Waals surface area contributed by atoms with Crippen LogP contribution in [-0.4, -0.2) is 43.7 Å². The minimum Gasteiger partial charge on any atom is -0.368 e. The largest absolute Gasteiger partial charge is 0.368 e. The van der Waals surface area contributed by atoms with Crippen molar-refractivity contribution in [3.8, 4) is 5.95 Å². The van der Waals surface area contributed by atoms with E-state index in [-0.39, 0.29) is 24.8 Å². The van der Waals surface area contributed by atoms with Crippen LogP contribution in [0.25, 0.3) is 5.95 Å². The molecule has 1 aliphatic carbocycles. The molecule has 1 atom stereocenters. The number of alkyl halides is 2. The molecule has 0 aromatic carbocycles. The summed E-state index contributed by atoms with van der Waals surface area (Å²) in [7, 11) is 0. The summed E-state index contributed by atoms with van der Waals surface area (Å²) < 4.78 is 28.6. The average Bonchev–Trinajstić information content (AvgIpc) is 2.99. The molecular formula is C20H29F2N7O. The molecule has 4 N–H and O–H groups in total. The van der Waals surface area contributed by atoms with E-state index in [0.717, 1.165) is 11.4 Å². The number of halogens is 2. The van der Waals surface area contributed by atoms with Crippen molar-refractivity contribution in [3.63, 3.8) is 0 Å². The van der Waals surface area contributed by atoms with Gasteiger partial charge in [0.1, 0.15) is 17.7 Å². The quantitative estimate of drug-likeness (QED) is 0.633. The minimum atomic E-state index is -2.60. The number of nitrogens with two attached hydrogens (primary N) is 1. The fourth-order valence-electron chi connectivity index (χ4n) is 3.63. The third kappa shape index (κ3) is 5.22. The van der Waals surface area contributed by atoms with Gasteiger partial charge in [-0.1, -0.05) is 13.8 Å². The SMILES string of the molecule is Cc1cc(C)n(-c2nc(NC3CCC(F)(F)CC3)cc(N[C@H](C(N)=O)C(C)C)n2)n1. The number of carbonyl (C=O) groups is 1. The van der Waals surface area contributed by atoms with Gasteiger partial charge in [0.05, 0.1) is 5.69 Å². The number of hydrogen-bond donors (Lipinski definition) is 3. The number of hydrogen-bond acceptors (Lipinski definition) is 6. The van der Waals surface area contributed by atoms with E-state index in [9.17, 15) is 13.6 Å². The van der Waals surface area contributed by atoms with Gasteiger partial charge in [0.2, 0.25) is 11.8 Å². The van der Waals surface area contributed by atoms with Gasteiger partial charge in [0.15, 0.2) is 0 Å². The van der Waals surface area contributed by atoms with E-state index in [1.807, 2.05) is 33.8 Å². The van der Waals surface area contributed by atoms with Gasteiger partial charge in [0, 0.05) is 30.6 Å². The van der Waals surface area contributed by atoms with Crippen LogP contribution in [0.3, 0.4) is 0 Å². The van der Waals surface area contributed by atoms with Gasteiger partial charge in [-0.15, -0.1) is 0 Å². The lowest BCUT2D eigenvalue weighted by Crippen LogP contribution is -2.40. The zero-order valence-electron chi connectivity index (χ0n) is 17.7. The van der Waals surface area contributed by atoms with E-state index in [1.165, 1.54) is 0 Å². The number of amides is 1. The van der Waals surface area contributed by atoms with Gasteiger partial charge in [-0.05, 0) is 38.7 Å². The third-order valence-electron chi connectivity index (χ3n) is 5.26. The maximum atomic E-state index is 13.5. The number of aromatic nitrogens is 4. The van der Waals surface area contributed by atoms with Crippen molar-refractivity contribution in [2.75, 3.05) is 10.6 Å². The average molecular weight is 421 g/mol. The predicted molar refractivity (Wildman–Crippen MR) is 111 cm³/mol. The zero-order chi connectivity index (χ0) is 22.1. The van der Waals surface area contributed by atoms with Crippen molar-refractivity contribution in [3.05, 3.63) is 23.5 Å². The lowest BCUT2D eigenvalue weighted by atomic mass is 9.92. The van der Waals surface area contributed by atoms with E-state index in [2.05, 4.69) is 25.7 Å². The molecule has 2 heterocycles. The van der Waals surface area contributed by atoms with Crippen molar-refractivity contribution in [1.29, 1.82) is 0 Å². The second-order valence-electron chi connectivity index (χ2n) is 8.32. The molecule has 0 bridgehead atoms. The molecule has 3 rings (SSSR count). The molecule has 1 amide bonds. The molecule has 2 aromatic rings. The Bertz CT molecular complexity index is 903. The second-order valence-corrected chi connectivity index (χ2v) is 8.32. The Kier molecular flexibility index (Phi) is 6.23. The maximum Gasteiger partial charge on any atom is 0.254 e. The number of carbonyl (C=O) groups excluding carboxylic acids is 1. The Labute approximate surface area is 174 Å². The first-order chi connectivity index (χ1) is 14.0. The van der Waals surface area contributed by atoms with Crippen LogP contribution in [0.4, 0.5) is 20.4 Å². The molecule has 2 aromatic heterocycles. The first-order valence-corrected chi connectivity index (χ1v) is 10.2. The fraction of sp³-hybridized carbons (Fsp3) is 0.600. The van der Waals surface area contributed by atoms with Crippen LogP contribution in [0.5, 0.6) is 0 Å². The summed E-state index contributed by atoms with van der Waals surface area (Å²) in [6.07, 6.45) is 0.403. The first kappa shape index (κ1) is 21.9. The summed E-state index contributed by atoms with van der Waals surface area (Å²) in [5.74, 6) is -1.92. The zero-order valence-corrected chi connectivity index (χ0v) is 17.7.